The van der Waals surface area contributed by atoms with E-state index in [4.69, 9.17) is 0 Å². The number of carbonyl (C=O) groups excluding carboxylic acids is 1. The van der Waals surface area contributed by atoms with Crippen LogP contribution >= 0.6 is 11.3 Å². The third-order valence-corrected chi connectivity index (χ3v) is 6.42. The number of anilines is 2. The molecule has 1 N–H and O–H groups in total. The predicted octanol–water partition coefficient (Wildman–Crippen LogP) is 3.76. The number of rotatable bonds is 5. The molecule has 4 aromatic rings. The highest BCUT2D eigenvalue weighted by molar-refractivity contribution is 7.13. The molecule has 1 aliphatic rings. The van der Waals surface area contributed by atoms with E-state index in [1.807, 2.05) is 0 Å². The Labute approximate surface area is 185 Å². The number of thiazole rings is 1. The zero-order valence-corrected chi connectivity index (χ0v) is 18.2. The van der Waals surface area contributed by atoms with Crippen LogP contribution in [0.1, 0.15) is 42.4 Å². The van der Waals surface area contributed by atoms with Crippen LogP contribution in [0.15, 0.2) is 29.9 Å². The lowest BCUT2D eigenvalue weighted by molar-refractivity contribution is 0.101. The van der Waals surface area contributed by atoms with Crippen molar-refractivity contribution in [2.24, 2.45) is 7.05 Å². The number of fused-ring (bicyclic) bond motifs is 1. The van der Waals surface area contributed by atoms with Crippen LogP contribution in [0, 0.1) is 0 Å². The van der Waals surface area contributed by atoms with E-state index in [1.165, 1.54) is 16.3 Å². The summed E-state index contributed by atoms with van der Waals surface area (Å²) < 4.78 is 28.9. The standard InChI is InChI=1S/C20H20F2N8OS/c1-11-4-3-6-29(11)20-26-15-8-12(5-7-30(15)27-20)24-18(31)16-13(9-23-28(16)2)19-25-14(10-32-19)17(21)22/h5,7-11,17H,3-4,6H2,1-2H3,(H,24,31)/t11-/m0/s1. The van der Waals surface area contributed by atoms with Crippen molar-refractivity contribution in [3.8, 4) is 10.6 Å². The fourth-order valence-electron chi connectivity index (χ4n) is 3.86. The van der Waals surface area contributed by atoms with Crippen LogP contribution < -0.4 is 10.2 Å². The number of hydrogen-bond donors (Lipinski definition) is 1. The van der Waals surface area contributed by atoms with E-state index in [0.717, 1.165) is 30.7 Å². The van der Waals surface area contributed by atoms with Crippen LogP contribution in [-0.4, -0.2) is 47.9 Å². The second-order valence-electron chi connectivity index (χ2n) is 7.68. The highest BCUT2D eigenvalue weighted by atomic mass is 32.1. The predicted molar refractivity (Wildman–Crippen MR) is 116 cm³/mol. The minimum absolute atomic E-state index is 0.230. The maximum absolute atomic E-state index is 13.0. The first-order valence-electron chi connectivity index (χ1n) is 10.1. The van der Waals surface area contributed by atoms with Gasteiger partial charge < -0.3 is 10.2 Å². The summed E-state index contributed by atoms with van der Waals surface area (Å²) in [4.78, 5) is 23.8. The van der Waals surface area contributed by atoms with Gasteiger partial charge in [-0.3, -0.25) is 9.48 Å². The molecule has 1 saturated heterocycles. The molecule has 0 aromatic carbocycles. The van der Waals surface area contributed by atoms with Gasteiger partial charge in [0.1, 0.15) is 16.4 Å². The van der Waals surface area contributed by atoms with Gasteiger partial charge in [-0.2, -0.15) is 10.1 Å². The molecular formula is C20H20F2N8OS. The van der Waals surface area contributed by atoms with Gasteiger partial charge in [-0.25, -0.2) is 18.3 Å². The number of pyridine rings is 1. The van der Waals surface area contributed by atoms with Crippen molar-refractivity contribution in [2.75, 3.05) is 16.8 Å². The lowest BCUT2D eigenvalue weighted by atomic mass is 10.2. The third kappa shape index (κ3) is 3.60. The Morgan fingerprint density at radius 1 is 1.34 bits per heavy atom. The van der Waals surface area contributed by atoms with Crippen molar-refractivity contribution >= 4 is 34.5 Å². The quantitative estimate of drug-likeness (QED) is 0.490. The van der Waals surface area contributed by atoms with Gasteiger partial charge in [0, 0.05) is 43.0 Å². The van der Waals surface area contributed by atoms with Crippen molar-refractivity contribution in [3.05, 3.63) is 41.3 Å². The molecule has 5 rings (SSSR count). The van der Waals surface area contributed by atoms with Gasteiger partial charge in [-0.1, -0.05) is 0 Å². The first-order chi connectivity index (χ1) is 15.4. The summed E-state index contributed by atoms with van der Waals surface area (Å²) in [6.07, 6.45) is 2.75. The summed E-state index contributed by atoms with van der Waals surface area (Å²) in [5.41, 5.74) is 1.46. The smallest absolute Gasteiger partial charge is 0.281 e. The number of halogens is 2. The number of aromatic nitrogens is 6. The molecule has 1 amide bonds. The monoisotopic (exact) mass is 458 g/mol. The second kappa shape index (κ2) is 7.93. The average molecular weight is 458 g/mol. The fraction of sp³-hybridized carbons (Fsp3) is 0.350. The molecule has 1 atom stereocenters. The minimum Gasteiger partial charge on any atom is -0.337 e. The second-order valence-corrected chi connectivity index (χ2v) is 8.54. The Hall–Kier alpha value is -3.41. The van der Waals surface area contributed by atoms with Crippen molar-refractivity contribution in [1.29, 1.82) is 0 Å². The highest BCUT2D eigenvalue weighted by Gasteiger charge is 2.25. The Kier molecular flexibility index (Phi) is 5.08. The molecule has 5 heterocycles. The number of nitrogens with zero attached hydrogens (tertiary/aromatic N) is 7. The summed E-state index contributed by atoms with van der Waals surface area (Å²) in [7, 11) is 1.62. The molecule has 12 heteroatoms. The molecule has 0 radical (unpaired) electrons. The molecule has 9 nitrogen and oxygen atoms in total. The molecule has 0 unspecified atom stereocenters. The van der Waals surface area contributed by atoms with Gasteiger partial charge >= 0.3 is 0 Å². The molecule has 0 saturated carbocycles. The number of hydrogen-bond acceptors (Lipinski definition) is 7. The van der Waals surface area contributed by atoms with Gasteiger partial charge in [0.15, 0.2) is 5.65 Å². The van der Waals surface area contributed by atoms with Gasteiger partial charge in [0.05, 0.1) is 11.8 Å². The van der Waals surface area contributed by atoms with Crippen LogP contribution in [0.4, 0.5) is 20.4 Å². The summed E-state index contributed by atoms with van der Waals surface area (Å²) in [5.74, 6) is 0.247. The lowest BCUT2D eigenvalue weighted by Crippen LogP contribution is -2.27. The van der Waals surface area contributed by atoms with E-state index < -0.39 is 12.3 Å². The Balaban J connectivity index is 1.41. The molecule has 0 aliphatic carbocycles. The Morgan fingerprint density at radius 2 is 2.19 bits per heavy atom. The highest BCUT2D eigenvalue weighted by Crippen LogP contribution is 2.31. The number of alkyl halides is 2. The van der Waals surface area contributed by atoms with Gasteiger partial charge in [-0.05, 0) is 25.8 Å². The van der Waals surface area contributed by atoms with Crippen molar-refractivity contribution in [3.63, 3.8) is 0 Å². The maximum Gasteiger partial charge on any atom is 0.281 e. The first-order valence-corrected chi connectivity index (χ1v) is 11.0. The molecule has 166 valence electrons. The SMILES string of the molecule is C[C@H]1CCCN1c1nc2cc(NC(=O)c3c(-c4nc(C(F)F)cs4)cnn3C)ccn2n1. The Bertz CT molecular complexity index is 1300. The van der Waals surface area contributed by atoms with Crippen molar-refractivity contribution in [1.82, 2.24) is 29.4 Å². The van der Waals surface area contributed by atoms with Gasteiger partial charge in [-0.15, -0.1) is 16.4 Å². The fourth-order valence-corrected chi connectivity index (χ4v) is 4.69. The minimum atomic E-state index is -2.67. The van der Waals surface area contributed by atoms with Crippen molar-refractivity contribution in [2.45, 2.75) is 32.2 Å². The lowest BCUT2D eigenvalue weighted by Gasteiger charge is -2.18. The number of amides is 1. The maximum atomic E-state index is 13.0. The van der Waals surface area contributed by atoms with Gasteiger partial charge in [0.2, 0.25) is 5.95 Å². The van der Waals surface area contributed by atoms with Crippen LogP contribution in [0.5, 0.6) is 0 Å². The van der Waals surface area contributed by atoms with E-state index in [9.17, 15) is 13.6 Å². The van der Waals surface area contributed by atoms with Crippen LogP contribution in [0.3, 0.4) is 0 Å². The van der Waals surface area contributed by atoms with Crippen LogP contribution in [-0.2, 0) is 7.05 Å². The van der Waals surface area contributed by atoms with Gasteiger partial charge in [0.25, 0.3) is 12.3 Å². The summed E-state index contributed by atoms with van der Waals surface area (Å²) >= 11 is 1.05. The topological polar surface area (TPSA) is 93.2 Å². The van der Waals surface area contributed by atoms with Crippen molar-refractivity contribution < 1.29 is 13.6 Å². The molecular weight excluding hydrogens is 438 g/mol. The Morgan fingerprint density at radius 3 is 2.91 bits per heavy atom. The summed E-state index contributed by atoms with van der Waals surface area (Å²) in [6.45, 7) is 3.08. The molecule has 4 aromatic heterocycles. The van der Waals surface area contributed by atoms with E-state index in [2.05, 4.69) is 37.3 Å². The summed E-state index contributed by atoms with van der Waals surface area (Å²) in [6, 6.07) is 3.86. The van der Waals surface area contributed by atoms with Crippen LogP contribution in [0.2, 0.25) is 0 Å². The molecule has 0 spiro atoms. The normalized spacial score (nSPS) is 16.4. The number of nitrogens with one attached hydrogen (secondary N) is 1. The van der Waals surface area contributed by atoms with E-state index in [0.29, 0.717) is 33.9 Å². The molecule has 1 fully saturated rings. The zero-order valence-electron chi connectivity index (χ0n) is 17.4. The molecule has 32 heavy (non-hydrogen) atoms. The largest absolute Gasteiger partial charge is 0.337 e. The number of carbonyl (C=O) groups is 1. The molecule has 0 bridgehead atoms. The average Bonchev–Trinajstić information content (AvgIpc) is 3.52. The summed E-state index contributed by atoms with van der Waals surface area (Å²) in [5, 5.41) is 13.1. The molecule has 1 aliphatic heterocycles. The van der Waals surface area contributed by atoms with E-state index in [1.54, 1.807) is 29.9 Å². The number of aryl methyl sites for hydroxylation is 1. The third-order valence-electron chi connectivity index (χ3n) is 5.52. The van der Waals surface area contributed by atoms with E-state index >= 15 is 0 Å². The van der Waals surface area contributed by atoms with E-state index in [-0.39, 0.29) is 11.4 Å². The first kappa shape index (κ1) is 20.5. The zero-order chi connectivity index (χ0) is 22.4. The van der Waals surface area contributed by atoms with Crippen LogP contribution in [0.25, 0.3) is 16.2 Å².